The number of nitrogens with zero attached hydrogens (tertiary/aromatic N) is 1. The fourth-order valence-corrected chi connectivity index (χ4v) is 4.19. The molecular formula is C21H24N2O5. The van der Waals surface area contributed by atoms with E-state index >= 15 is 0 Å². The molecule has 28 heavy (non-hydrogen) atoms. The molecule has 148 valence electrons. The van der Waals surface area contributed by atoms with Crippen LogP contribution < -0.4 is 5.32 Å². The van der Waals surface area contributed by atoms with Gasteiger partial charge in [0.25, 0.3) is 0 Å². The quantitative estimate of drug-likeness (QED) is 0.598. The van der Waals surface area contributed by atoms with Crippen molar-refractivity contribution in [2.45, 2.75) is 32.1 Å². The number of hydrogen-bond donors (Lipinski definition) is 1. The Morgan fingerprint density at radius 3 is 2.71 bits per heavy atom. The van der Waals surface area contributed by atoms with Crippen LogP contribution in [0.1, 0.15) is 19.4 Å². The summed E-state index contributed by atoms with van der Waals surface area (Å²) < 4.78 is 11.1. The van der Waals surface area contributed by atoms with Gasteiger partial charge in [-0.3, -0.25) is 14.5 Å². The van der Waals surface area contributed by atoms with Crippen LogP contribution >= 0.6 is 0 Å². The van der Waals surface area contributed by atoms with E-state index in [-0.39, 0.29) is 30.8 Å². The van der Waals surface area contributed by atoms with Gasteiger partial charge in [0.2, 0.25) is 11.8 Å². The van der Waals surface area contributed by atoms with Gasteiger partial charge in [-0.15, -0.1) is 0 Å². The van der Waals surface area contributed by atoms with Gasteiger partial charge in [-0.25, -0.2) is 4.79 Å². The SMILES string of the molecule is CC(C)COC(=O)NC[C@@]12C=C[C@@H](O1)[C@@H]1C(=O)N(Cc3ccccc3)C(=O)[C@@H]12. The highest BCUT2D eigenvalue weighted by atomic mass is 16.6. The Bertz CT molecular complexity index is 821. The molecule has 4 atom stereocenters. The van der Waals surface area contributed by atoms with Crippen LogP contribution in [0.25, 0.3) is 0 Å². The molecule has 1 aromatic carbocycles. The van der Waals surface area contributed by atoms with Gasteiger partial charge >= 0.3 is 6.09 Å². The molecule has 7 heteroatoms. The van der Waals surface area contributed by atoms with Gasteiger partial charge in [0.1, 0.15) is 5.60 Å². The van der Waals surface area contributed by atoms with E-state index in [1.807, 2.05) is 50.3 Å². The van der Waals surface area contributed by atoms with Crippen molar-refractivity contribution in [3.05, 3.63) is 48.0 Å². The van der Waals surface area contributed by atoms with E-state index in [1.165, 1.54) is 4.90 Å². The molecule has 0 spiro atoms. The van der Waals surface area contributed by atoms with Crippen molar-refractivity contribution in [3.63, 3.8) is 0 Å². The second-order valence-electron chi connectivity index (χ2n) is 7.99. The molecule has 3 aliphatic rings. The lowest BCUT2D eigenvalue weighted by Crippen LogP contribution is -2.48. The molecule has 3 aliphatic heterocycles. The first-order chi connectivity index (χ1) is 13.4. The van der Waals surface area contributed by atoms with Crippen molar-refractivity contribution in [1.29, 1.82) is 0 Å². The van der Waals surface area contributed by atoms with Crippen molar-refractivity contribution in [1.82, 2.24) is 10.2 Å². The normalized spacial score (nSPS) is 30.2. The van der Waals surface area contributed by atoms with Crippen molar-refractivity contribution in [3.8, 4) is 0 Å². The van der Waals surface area contributed by atoms with E-state index in [4.69, 9.17) is 9.47 Å². The zero-order chi connectivity index (χ0) is 19.9. The Balaban J connectivity index is 1.48. The molecule has 0 aromatic heterocycles. The minimum Gasteiger partial charge on any atom is -0.449 e. The summed E-state index contributed by atoms with van der Waals surface area (Å²) in [5.41, 5.74) is -0.0977. The molecule has 0 radical (unpaired) electrons. The van der Waals surface area contributed by atoms with Crippen LogP contribution in [0.15, 0.2) is 42.5 Å². The minimum atomic E-state index is -0.996. The lowest BCUT2D eigenvalue weighted by molar-refractivity contribution is -0.144. The summed E-state index contributed by atoms with van der Waals surface area (Å²) in [4.78, 5) is 39.3. The van der Waals surface area contributed by atoms with Crippen LogP contribution in [0.5, 0.6) is 0 Å². The second-order valence-corrected chi connectivity index (χ2v) is 7.99. The van der Waals surface area contributed by atoms with Gasteiger partial charge in [0.05, 0.1) is 37.6 Å². The zero-order valence-corrected chi connectivity index (χ0v) is 16.0. The molecule has 0 unspecified atom stereocenters. The van der Waals surface area contributed by atoms with Crippen LogP contribution in [-0.4, -0.2) is 47.7 Å². The highest BCUT2D eigenvalue weighted by Gasteiger charge is 2.67. The summed E-state index contributed by atoms with van der Waals surface area (Å²) in [5, 5.41) is 2.69. The first kappa shape index (κ1) is 18.7. The number of amides is 3. The third-order valence-corrected chi connectivity index (χ3v) is 5.49. The van der Waals surface area contributed by atoms with Gasteiger partial charge in [-0.1, -0.05) is 56.3 Å². The summed E-state index contributed by atoms with van der Waals surface area (Å²) in [6.45, 7) is 4.55. The Labute approximate surface area is 163 Å². The van der Waals surface area contributed by atoms with E-state index in [0.29, 0.717) is 6.61 Å². The summed E-state index contributed by atoms with van der Waals surface area (Å²) in [6, 6.07) is 9.43. The third kappa shape index (κ3) is 3.09. The molecule has 2 bridgehead atoms. The molecule has 1 N–H and O–H groups in total. The van der Waals surface area contributed by atoms with Crippen LogP contribution in [0, 0.1) is 17.8 Å². The lowest BCUT2D eigenvalue weighted by Gasteiger charge is -2.29. The largest absolute Gasteiger partial charge is 0.449 e. The van der Waals surface area contributed by atoms with Gasteiger partial charge in [-0.05, 0) is 11.5 Å². The predicted molar refractivity (Wildman–Crippen MR) is 99.9 cm³/mol. The lowest BCUT2D eigenvalue weighted by atomic mass is 9.77. The van der Waals surface area contributed by atoms with Crippen molar-refractivity contribution in [2.75, 3.05) is 13.2 Å². The van der Waals surface area contributed by atoms with Gasteiger partial charge in [0, 0.05) is 0 Å². The number of likely N-dealkylation sites (tertiary alicyclic amines) is 1. The Kier molecular flexibility index (Phi) is 4.71. The number of benzene rings is 1. The molecular weight excluding hydrogens is 360 g/mol. The molecule has 1 aromatic rings. The van der Waals surface area contributed by atoms with E-state index in [0.717, 1.165) is 5.56 Å². The molecule has 4 rings (SSSR count). The van der Waals surface area contributed by atoms with E-state index < -0.39 is 29.6 Å². The zero-order valence-electron chi connectivity index (χ0n) is 16.0. The first-order valence-corrected chi connectivity index (χ1v) is 9.58. The van der Waals surface area contributed by atoms with Gasteiger partial charge in [-0.2, -0.15) is 0 Å². The number of rotatable bonds is 6. The molecule has 3 amide bonds. The number of ether oxygens (including phenoxy) is 2. The van der Waals surface area contributed by atoms with E-state index in [2.05, 4.69) is 5.32 Å². The summed E-state index contributed by atoms with van der Waals surface area (Å²) in [6.07, 6.45) is 2.64. The van der Waals surface area contributed by atoms with Gasteiger partial charge < -0.3 is 14.8 Å². The number of alkyl carbamates (subject to hydrolysis) is 1. The van der Waals surface area contributed by atoms with E-state index in [9.17, 15) is 14.4 Å². The Morgan fingerprint density at radius 1 is 1.25 bits per heavy atom. The number of hydrogen-bond acceptors (Lipinski definition) is 5. The van der Waals surface area contributed by atoms with E-state index in [1.54, 1.807) is 6.08 Å². The molecule has 0 aliphatic carbocycles. The molecule has 2 fully saturated rings. The van der Waals surface area contributed by atoms with Crippen molar-refractivity contribution < 1.29 is 23.9 Å². The molecule has 0 saturated carbocycles. The average Bonchev–Trinajstić information content (AvgIpc) is 3.32. The highest BCUT2D eigenvalue weighted by Crippen LogP contribution is 2.51. The monoisotopic (exact) mass is 384 g/mol. The standard InChI is InChI=1S/C21H24N2O5/c1-13(2)11-27-20(26)22-12-21-9-8-15(28-21)16-17(21)19(25)23(18(16)24)10-14-6-4-3-5-7-14/h3-9,13,15-17H,10-12H2,1-2H3,(H,22,26)/t15-,16+,17-,21-/m1/s1. The first-order valence-electron chi connectivity index (χ1n) is 9.58. The van der Waals surface area contributed by atoms with Crippen LogP contribution in [-0.2, 0) is 25.6 Å². The fourth-order valence-electron chi connectivity index (χ4n) is 4.19. The summed E-state index contributed by atoms with van der Waals surface area (Å²) in [5.74, 6) is -1.38. The van der Waals surface area contributed by atoms with Crippen molar-refractivity contribution >= 4 is 17.9 Å². The predicted octanol–water partition coefficient (Wildman–Crippen LogP) is 1.88. The highest BCUT2D eigenvalue weighted by molar-refractivity contribution is 6.07. The molecule has 2 saturated heterocycles. The van der Waals surface area contributed by atoms with Crippen LogP contribution in [0.3, 0.4) is 0 Å². The maximum atomic E-state index is 13.1. The topological polar surface area (TPSA) is 84.9 Å². The maximum Gasteiger partial charge on any atom is 0.407 e. The van der Waals surface area contributed by atoms with Crippen LogP contribution in [0.2, 0.25) is 0 Å². The smallest absolute Gasteiger partial charge is 0.407 e. The molecule has 3 heterocycles. The van der Waals surface area contributed by atoms with Crippen LogP contribution in [0.4, 0.5) is 4.79 Å². The summed E-state index contributed by atoms with van der Waals surface area (Å²) >= 11 is 0. The number of imide groups is 1. The minimum absolute atomic E-state index is 0.0935. The number of fused-ring (bicyclic) bond motifs is 5. The number of nitrogens with one attached hydrogen (secondary N) is 1. The Hall–Kier alpha value is -2.67. The average molecular weight is 384 g/mol. The molecule has 7 nitrogen and oxygen atoms in total. The van der Waals surface area contributed by atoms with Crippen molar-refractivity contribution in [2.24, 2.45) is 17.8 Å². The number of carbonyl (C=O) groups is 3. The maximum absolute atomic E-state index is 13.1. The third-order valence-electron chi connectivity index (χ3n) is 5.49. The summed E-state index contributed by atoms with van der Waals surface area (Å²) in [7, 11) is 0. The Morgan fingerprint density at radius 2 is 2.00 bits per heavy atom. The second kappa shape index (κ2) is 7.05. The fraction of sp³-hybridized carbons (Fsp3) is 0.476. The number of carbonyl (C=O) groups excluding carboxylic acids is 3. The van der Waals surface area contributed by atoms with Gasteiger partial charge in [0.15, 0.2) is 0 Å².